The number of halogens is 4. The number of carbonyl (C=O) groups is 2. The molecule has 0 radical (unpaired) electrons. The van der Waals surface area contributed by atoms with E-state index in [9.17, 15) is 32.3 Å². The van der Waals surface area contributed by atoms with E-state index >= 15 is 0 Å². The zero-order chi connectivity index (χ0) is 24.0. The molecule has 3 rings (SSSR count). The number of anilines is 1. The molecule has 0 saturated carbocycles. The van der Waals surface area contributed by atoms with Crippen LogP contribution in [0.1, 0.15) is 66.4 Å². The summed E-state index contributed by atoms with van der Waals surface area (Å²) in [5, 5.41) is 11.8. The highest BCUT2D eigenvalue weighted by molar-refractivity contribution is 7.17. The second kappa shape index (κ2) is 8.30. The summed E-state index contributed by atoms with van der Waals surface area (Å²) in [5.74, 6) is -5.34. The molecule has 2 aromatic rings. The zero-order valence-corrected chi connectivity index (χ0v) is 18.6. The smallest absolute Gasteiger partial charge is 0.365 e. The van der Waals surface area contributed by atoms with Gasteiger partial charge in [-0.25, -0.2) is 32.3 Å². The number of nitrogens with zero attached hydrogens (tertiary/aromatic N) is 3. The van der Waals surface area contributed by atoms with Crippen molar-refractivity contribution in [1.29, 1.82) is 0 Å². The Morgan fingerprint density at radius 2 is 2.00 bits per heavy atom. The Balaban J connectivity index is 2.12. The molecule has 32 heavy (non-hydrogen) atoms. The van der Waals surface area contributed by atoms with Crippen LogP contribution in [0.3, 0.4) is 0 Å². The fourth-order valence-electron chi connectivity index (χ4n) is 3.45. The van der Waals surface area contributed by atoms with Gasteiger partial charge in [-0.05, 0) is 33.8 Å². The van der Waals surface area contributed by atoms with Crippen molar-refractivity contribution >= 4 is 29.0 Å². The number of alkyl halides is 4. The third kappa shape index (κ3) is 5.00. The van der Waals surface area contributed by atoms with Crippen LogP contribution in [-0.4, -0.2) is 55.9 Å². The van der Waals surface area contributed by atoms with Gasteiger partial charge in [0.1, 0.15) is 11.5 Å². The fourth-order valence-corrected chi connectivity index (χ4v) is 4.38. The van der Waals surface area contributed by atoms with Gasteiger partial charge >= 0.3 is 5.97 Å². The van der Waals surface area contributed by atoms with Crippen LogP contribution < -0.4 is 5.32 Å². The van der Waals surface area contributed by atoms with Gasteiger partial charge in [-0.1, -0.05) is 0 Å². The van der Waals surface area contributed by atoms with Crippen molar-refractivity contribution in [2.45, 2.75) is 58.0 Å². The summed E-state index contributed by atoms with van der Waals surface area (Å²) in [6.07, 6.45) is -2.42. The minimum Gasteiger partial charge on any atom is -0.476 e. The number of aromatic nitrogens is 2. The molecule has 1 unspecified atom stereocenters. The highest BCUT2D eigenvalue weighted by atomic mass is 32.1. The highest BCUT2D eigenvalue weighted by Crippen LogP contribution is 2.40. The molecule has 2 N–H and O–H groups in total. The molecule has 1 aliphatic rings. The van der Waals surface area contributed by atoms with Crippen LogP contribution in [0, 0.1) is 0 Å². The molecule has 1 aliphatic heterocycles. The number of hydrogen-bond donors (Lipinski definition) is 2. The molecule has 174 valence electrons. The summed E-state index contributed by atoms with van der Waals surface area (Å²) in [6, 6.07) is 0.290. The average Bonchev–Trinajstić information content (AvgIpc) is 3.20. The summed E-state index contributed by atoms with van der Waals surface area (Å²) in [4.78, 5) is 33.1. The van der Waals surface area contributed by atoms with Crippen LogP contribution in [0.5, 0.6) is 0 Å². The Labute approximate surface area is 185 Å². The lowest BCUT2D eigenvalue weighted by atomic mass is 10.1. The molecule has 0 spiro atoms. The van der Waals surface area contributed by atoms with E-state index in [4.69, 9.17) is 0 Å². The average molecular weight is 474 g/mol. The van der Waals surface area contributed by atoms with E-state index < -0.39 is 65.0 Å². The third-order valence-electron chi connectivity index (χ3n) is 4.72. The first-order valence-corrected chi connectivity index (χ1v) is 10.5. The number of carboxylic acids is 1. The van der Waals surface area contributed by atoms with Crippen LogP contribution in [-0.2, 0) is 0 Å². The first-order chi connectivity index (χ1) is 14.7. The molecule has 3 heterocycles. The molecule has 0 aromatic carbocycles. The number of amides is 1. The lowest BCUT2D eigenvalue weighted by Gasteiger charge is -2.22. The number of nitrogens with one attached hydrogen (secondary N) is 1. The predicted octanol–water partition coefficient (Wildman–Crippen LogP) is 4.92. The minimum absolute atomic E-state index is 0.153. The van der Waals surface area contributed by atoms with E-state index in [-0.39, 0.29) is 16.3 Å². The van der Waals surface area contributed by atoms with E-state index in [2.05, 4.69) is 15.3 Å². The monoisotopic (exact) mass is 474 g/mol. The van der Waals surface area contributed by atoms with Crippen LogP contribution in [0.4, 0.5) is 23.4 Å². The van der Waals surface area contributed by atoms with Gasteiger partial charge in [0, 0.05) is 35.3 Å². The van der Waals surface area contributed by atoms with Gasteiger partial charge in [-0.3, -0.25) is 4.79 Å². The Kier molecular flexibility index (Phi) is 6.20. The van der Waals surface area contributed by atoms with Gasteiger partial charge in [-0.2, -0.15) is 0 Å². The number of aromatic carboxylic acids is 1. The minimum atomic E-state index is -3.10. The van der Waals surface area contributed by atoms with Crippen molar-refractivity contribution in [2.24, 2.45) is 0 Å². The number of rotatable bonds is 5. The van der Waals surface area contributed by atoms with Crippen molar-refractivity contribution in [3.05, 3.63) is 28.5 Å². The van der Waals surface area contributed by atoms with Gasteiger partial charge in [-0.15, -0.1) is 11.3 Å². The largest absolute Gasteiger partial charge is 0.476 e. The third-order valence-corrected chi connectivity index (χ3v) is 5.80. The second-order valence-corrected chi connectivity index (χ2v) is 9.68. The van der Waals surface area contributed by atoms with Crippen LogP contribution in [0.2, 0.25) is 0 Å². The Hall–Kier alpha value is -2.76. The Morgan fingerprint density at radius 3 is 2.50 bits per heavy atom. The lowest BCUT2D eigenvalue weighted by molar-refractivity contribution is 0.0117. The number of hydrogen-bond acceptors (Lipinski definition) is 6. The molecule has 0 bridgehead atoms. The molecule has 7 nitrogen and oxygen atoms in total. The van der Waals surface area contributed by atoms with Crippen molar-refractivity contribution in [2.75, 3.05) is 11.9 Å². The number of likely N-dealkylation sites (tertiary alicyclic amines) is 1. The van der Waals surface area contributed by atoms with Crippen molar-refractivity contribution in [3.63, 3.8) is 0 Å². The summed E-state index contributed by atoms with van der Waals surface area (Å²) in [6.45, 7) is 6.02. The van der Waals surface area contributed by atoms with Crippen molar-refractivity contribution in [1.82, 2.24) is 14.9 Å². The molecule has 1 saturated heterocycles. The van der Waals surface area contributed by atoms with Crippen molar-refractivity contribution < 1.29 is 32.3 Å². The Bertz CT molecular complexity index is 1050. The zero-order valence-electron chi connectivity index (χ0n) is 17.7. The van der Waals surface area contributed by atoms with Gasteiger partial charge in [0.15, 0.2) is 0 Å². The number of carboxylic acid groups (broad SMARTS) is 1. The van der Waals surface area contributed by atoms with E-state index in [0.717, 1.165) is 17.2 Å². The van der Waals surface area contributed by atoms with E-state index in [0.29, 0.717) is 11.3 Å². The second-order valence-electron chi connectivity index (χ2n) is 8.68. The van der Waals surface area contributed by atoms with E-state index in [1.807, 2.05) is 20.8 Å². The fraction of sp³-hybridized carbons (Fsp3) is 0.500. The molecule has 12 heteroatoms. The molecule has 1 fully saturated rings. The summed E-state index contributed by atoms with van der Waals surface area (Å²) in [7, 11) is 0. The first-order valence-electron chi connectivity index (χ1n) is 9.68. The van der Waals surface area contributed by atoms with Gasteiger partial charge in [0.2, 0.25) is 5.01 Å². The van der Waals surface area contributed by atoms with Crippen LogP contribution >= 0.6 is 11.3 Å². The molecule has 0 aliphatic carbocycles. The predicted molar refractivity (Wildman–Crippen MR) is 111 cm³/mol. The van der Waals surface area contributed by atoms with Gasteiger partial charge in [0.25, 0.3) is 18.3 Å². The Morgan fingerprint density at radius 1 is 1.34 bits per heavy atom. The molecule has 1 atom stereocenters. The van der Waals surface area contributed by atoms with Gasteiger partial charge < -0.3 is 15.3 Å². The SMILES string of the molecule is CC1CC(F)(F)CN1C(=O)c1nc(C(=O)O)sc1-c1cnc(NC(C)(C)C)cc1C(F)F. The maximum atomic E-state index is 13.9. The number of carbonyl (C=O) groups excluding carboxylic acids is 1. The summed E-state index contributed by atoms with van der Waals surface area (Å²) >= 11 is 0.520. The van der Waals surface area contributed by atoms with Gasteiger partial charge in [0.05, 0.1) is 11.4 Å². The normalized spacial score (nSPS) is 18.3. The maximum Gasteiger partial charge on any atom is 0.365 e. The van der Waals surface area contributed by atoms with E-state index in [1.54, 1.807) is 0 Å². The van der Waals surface area contributed by atoms with Crippen LogP contribution in [0.15, 0.2) is 12.3 Å². The molecular formula is C20H22F4N4O3S. The molecule has 2 aromatic heterocycles. The summed E-state index contributed by atoms with van der Waals surface area (Å²) < 4.78 is 55.4. The first kappa shape index (κ1) is 23.9. The van der Waals surface area contributed by atoms with Crippen LogP contribution in [0.25, 0.3) is 10.4 Å². The maximum absolute atomic E-state index is 13.9. The standard InChI is InChI=1S/C20H22F4N4O3S/c1-9-6-20(23,24)8-28(9)17(29)13-14(32-16(26-13)18(30)31)11-7-25-12(27-19(2,3)4)5-10(11)15(21)22/h5,7,9,15H,6,8H2,1-4H3,(H,25,27)(H,30,31). The quantitative estimate of drug-likeness (QED) is 0.598. The highest BCUT2D eigenvalue weighted by Gasteiger charge is 2.46. The van der Waals surface area contributed by atoms with E-state index in [1.165, 1.54) is 6.92 Å². The molecule has 1 amide bonds. The number of pyridine rings is 1. The molecular weight excluding hydrogens is 452 g/mol. The van der Waals surface area contributed by atoms with Crippen molar-refractivity contribution in [3.8, 4) is 10.4 Å². The number of thiazole rings is 1. The topological polar surface area (TPSA) is 95.4 Å². The lowest BCUT2D eigenvalue weighted by Crippen LogP contribution is -2.35. The summed E-state index contributed by atoms with van der Waals surface area (Å²) in [5.41, 5.74) is -1.59.